The fourth-order valence-electron chi connectivity index (χ4n) is 2.50. The molecule has 1 aromatic carbocycles. The smallest absolute Gasteiger partial charge is 0.243 e. The fraction of sp³-hybridized carbons (Fsp3) is 0.500. The number of hydrogen-bond donors (Lipinski definition) is 2. The van der Waals surface area contributed by atoms with Crippen LogP contribution in [0.15, 0.2) is 35.2 Å². The van der Waals surface area contributed by atoms with Crippen LogP contribution in [0.4, 0.5) is 0 Å². The number of carbonyl (C=O) groups is 2. The molecule has 0 saturated heterocycles. The summed E-state index contributed by atoms with van der Waals surface area (Å²) in [5, 5.41) is 5.81. The highest BCUT2D eigenvalue weighted by Gasteiger charge is 2.24. The van der Waals surface area contributed by atoms with E-state index < -0.39 is 6.04 Å². The number of amides is 2. The van der Waals surface area contributed by atoms with Gasteiger partial charge in [0.1, 0.15) is 6.04 Å². The maximum atomic E-state index is 12.3. The van der Waals surface area contributed by atoms with Gasteiger partial charge in [-0.3, -0.25) is 9.59 Å². The number of hydrogen-bond acceptors (Lipinski definition) is 3. The lowest BCUT2D eigenvalue weighted by Crippen LogP contribution is -2.50. The second-order valence-corrected chi connectivity index (χ2v) is 6.46. The van der Waals surface area contributed by atoms with Crippen LogP contribution in [0.5, 0.6) is 0 Å². The maximum Gasteiger partial charge on any atom is 0.243 e. The Morgan fingerprint density at radius 3 is 2.52 bits per heavy atom. The number of nitrogens with one attached hydrogen (secondary N) is 2. The molecule has 2 rings (SSSR count). The molecule has 0 heterocycles. The molecular formula is C16H22N2O2S. The zero-order chi connectivity index (χ0) is 15.1. The Labute approximate surface area is 130 Å². The van der Waals surface area contributed by atoms with Gasteiger partial charge in [-0.2, -0.15) is 0 Å². The minimum Gasteiger partial charge on any atom is -0.352 e. The monoisotopic (exact) mass is 306 g/mol. The van der Waals surface area contributed by atoms with Crippen molar-refractivity contribution in [2.45, 2.75) is 49.6 Å². The number of rotatable bonds is 6. The van der Waals surface area contributed by atoms with E-state index in [1.165, 1.54) is 19.8 Å². The van der Waals surface area contributed by atoms with E-state index in [0.717, 1.165) is 17.7 Å². The van der Waals surface area contributed by atoms with Crippen molar-refractivity contribution >= 4 is 23.6 Å². The van der Waals surface area contributed by atoms with E-state index in [-0.39, 0.29) is 17.9 Å². The third-order valence-electron chi connectivity index (χ3n) is 3.56. The highest BCUT2D eigenvalue weighted by molar-refractivity contribution is 7.99. The van der Waals surface area contributed by atoms with E-state index >= 15 is 0 Å². The highest BCUT2D eigenvalue weighted by atomic mass is 32.2. The van der Waals surface area contributed by atoms with Crippen LogP contribution in [0.25, 0.3) is 0 Å². The normalized spacial score (nSPS) is 16.4. The predicted molar refractivity (Wildman–Crippen MR) is 85.2 cm³/mol. The lowest BCUT2D eigenvalue weighted by molar-refractivity contribution is -0.127. The van der Waals surface area contributed by atoms with Crippen molar-refractivity contribution in [2.24, 2.45) is 0 Å². The minimum absolute atomic E-state index is 0.0690. The molecule has 5 heteroatoms. The highest BCUT2D eigenvalue weighted by Crippen LogP contribution is 2.20. The molecule has 1 fully saturated rings. The molecule has 1 unspecified atom stereocenters. The van der Waals surface area contributed by atoms with E-state index in [0.29, 0.717) is 5.75 Å². The van der Waals surface area contributed by atoms with Gasteiger partial charge in [0.05, 0.1) is 0 Å². The molecule has 114 valence electrons. The van der Waals surface area contributed by atoms with Crippen LogP contribution < -0.4 is 10.6 Å². The molecule has 0 bridgehead atoms. The average molecular weight is 306 g/mol. The van der Waals surface area contributed by atoms with Crippen LogP contribution in [0.1, 0.15) is 32.6 Å². The lowest BCUT2D eigenvalue weighted by atomic mass is 10.2. The summed E-state index contributed by atoms with van der Waals surface area (Å²) >= 11 is 1.58. The Morgan fingerprint density at radius 2 is 1.90 bits per heavy atom. The molecule has 21 heavy (non-hydrogen) atoms. The van der Waals surface area contributed by atoms with Gasteiger partial charge in [0, 0.05) is 23.6 Å². The molecule has 4 nitrogen and oxygen atoms in total. The van der Waals surface area contributed by atoms with E-state index in [1.807, 2.05) is 30.3 Å². The molecule has 0 aromatic heterocycles. The van der Waals surface area contributed by atoms with Gasteiger partial charge in [-0.1, -0.05) is 31.0 Å². The van der Waals surface area contributed by atoms with E-state index in [2.05, 4.69) is 10.6 Å². The molecule has 0 aliphatic heterocycles. The van der Waals surface area contributed by atoms with Gasteiger partial charge in [-0.05, 0) is 25.0 Å². The molecule has 1 aliphatic rings. The van der Waals surface area contributed by atoms with E-state index in [1.54, 1.807) is 11.8 Å². The van der Waals surface area contributed by atoms with Gasteiger partial charge in [0.15, 0.2) is 0 Å². The fourth-order valence-corrected chi connectivity index (χ4v) is 3.44. The third-order valence-corrected chi connectivity index (χ3v) is 4.66. The number of carbonyl (C=O) groups excluding carboxylic acids is 2. The zero-order valence-corrected chi connectivity index (χ0v) is 13.1. The Bertz CT molecular complexity index is 472. The summed E-state index contributed by atoms with van der Waals surface area (Å²) in [6.07, 6.45) is 4.44. The lowest BCUT2D eigenvalue weighted by Gasteiger charge is -2.20. The third kappa shape index (κ3) is 5.42. The predicted octanol–water partition coefficient (Wildman–Crippen LogP) is 2.34. The van der Waals surface area contributed by atoms with Crippen LogP contribution in [-0.4, -0.2) is 29.7 Å². The summed E-state index contributed by atoms with van der Waals surface area (Å²) in [4.78, 5) is 24.7. The first-order valence-electron chi connectivity index (χ1n) is 7.40. The molecule has 0 spiro atoms. The van der Waals surface area contributed by atoms with Gasteiger partial charge >= 0.3 is 0 Å². The van der Waals surface area contributed by atoms with Crippen LogP contribution >= 0.6 is 11.8 Å². The van der Waals surface area contributed by atoms with E-state index in [9.17, 15) is 9.59 Å². The van der Waals surface area contributed by atoms with Gasteiger partial charge in [0.2, 0.25) is 11.8 Å². The number of thioether (sulfide) groups is 1. The molecule has 2 N–H and O–H groups in total. The molecule has 1 aromatic rings. The van der Waals surface area contributed by atoms with Gasteiger partial charge < -0.3 is 10.6 Å². The molecule has 1 atom stereocenters. The van der Waals surface area contributed by atoms with Crippen molar-refractivity contribution in [3.8, 4) is 0 Å². The van der Waals surface area contributed by atoms with Crippen molar-refractivity contribution < 1.29 is 9.59 Å². The molecule has 1 aliphatic carbocycles. The summed E-state index contributed by atoms with van der Waals surface area (Å²) < 4.78 is 0. The molecule has 2 amide bonds. The van der Waals surface area contributed by atoms with E-state index in [4.69, 9.17) is 0 Å². The standard InChI is InChI=1S/C16H22N2O2S/c1-12(19)17-15(11-21-14-9-3-2-4-10-14)16(20)18-13-7-5-6-8-13/h2-4,9-10,13,15H,5-8,11H2,1H3,(H,17,19)(H,18,20). The van der Waals surface area contributed by atoms with Crippen LogP contribution in [0.2, 0.25) is 0 Å². The summed E-state index contributed by atoms with van der Waals surface area (Å²) in [5.74, 6) is 0.304. The van der Waals surface area contributed by atoms with Crippen LogP contribution in [0, 0.1) is 0 Å². The summed E-state index contributed by atoms with van der Waals surface area (Å²) in [6, 6.07) is 9.70. The molecule has 0 radical (unpaired) electrons. The van der Waals surface area contributed by atoms with Crippen molar-refractivity contribution in [1.82, 2.24) is 10.6 Å². The van der Waals surface area contributed by atoms with Crippen molar-refractivity contribution in [3.63, 3.8) is 0 Å². The van der Waals surface area contributed by atoms with Gasteiger partial charge in [0.25, 0.3) is 0 Å². The van der Waals surface area contributed by atoms with Crippen molar-refractivity contribution in [3.05, 3.63) is 30.3 Å². The first kappa shape index (κ1) is 15.9. The second-order valence-electron chi connectivity index (χ2n) is 5.37. The summed E-state index contributed by atoms with van der Waals surface area (Å²) in [7, 11) is 0. The van der Waals surface area contributed by atoms with Crippen molar-refractivity contribution in [2.75, 3.05) is 5.75 Å². The first-order chi connectivity index (χ1) is 10.1. The van der Waals surface area contributed by atoms with Crippen LogP contribution in [0.3, 0.4) is 0 Å². The molecule has 1 saturated carbocycles. The van der Waals surface area contributed by atoms with Gasteiger partial charge in [-0.15, -0.1) is 11.8 Å². The minimum atomic E-state index is -0.478. The first-order valence-corrected chi connectivity index (χ1v) is 8.39. The van der Waals surface area contributed by atoms with Crippen LogP contribution in [-0.2, 0) is 9.59 Å². The maximum absolute atomic E-state index is 12.3. The topological polar surface area (TPSA) is 58.2 Å². The second kappa shape index (κ2) is 8.08. The Balaban J connectivity index is 1.89. The summed E-state index contributed by atoms with van der Waals surface area (Å²) in [6.45, 7) is 1.45. The SMILES string of the molecule is CC(=O)NC(CSc1ccccc1)C(=O)NC1CCCC1. The Kier molecular flexibility index (Phi) is 6.11. The Hall–Kier alpha value is -1.49. The van der Waals surface area contributed by atoms with Crippen molar-refractivity contribution in [1.29, 1.82) is 0 Å². The number of benzene rings is 1. The largest absolute Gasteiger partial charge is 0.352 e. The zero-order valence-electron chi connectivity index (χ0n) is 12.3. The molecular weight excluding hydrogens is 284 g/mol. The average Bonchev–Trinajstić information content (AvgIpc) is 2.97. The quantitative estimate of drug-likeness (QED) is 0.793. The van der Waals surface area contributed by atoms with Gasteiger partial charge in [-0.25, -0.2) is 0 Å². The summed E-state index contributed by atoms with van der Waals surface area (Å²) in [5.41, 5.74) is 0. The Morgan fingerprint density at radius 1 is 1.24 bits per heavy atom.